The third-order valence-electron chi connectivity index (χ3n) is 2.89. The van der Waals surface area contributed by atoms with E-state index in [0.29, 0.717) is 16.3 Å². The third kappa shape index (κ3) is 3.11. The monoisotopic (exact) mass is 313 g/mol. The van der Waals surface area contributed by atoms with E-state index in [4.69, 9.17) is 11.6 Å². The van der Waals surface area contributed by atoms with Crippen LogP contribution in [0.15, 0.2) is 41.3 Å². The lowest BCUT2D eigenvalue weighted by atomic mass is 10.2. The molecular formula is C14H13ClFNO2S. The minimum Gasteiger partial charge on any atom is -0.279 e. The van der Waals surface area contributed by atoms with Gasteiger partial charge >= 0.3 is 0 Å². The number of hydrogen-bond acceptors (Lipinski definition) is 2. The smallest absolute Gasteiger partial charge is 0.261 e. The summed E-state index contributed by atoms with van der Waals surface area (Å²) in [6, 6.07) is 8.35. The van der Waals surface area contributed by atoms with E-state index in [0.717, 1.165) is 5.56 Å². The van der Waals surface area contributed by atoms with Gasteiger partial charge < -0.3 is 0 Å². The van der Waals surface area contributed by atoms with Gasteiger partial charge in [0.25, 0.3) is 10.0 Å². The summed E-state index contributed by atoms with van der Waals surface area (Å²) in [6.45, 7) is 3.42. The van der Waals surface area contributed by atoms with Gasteiger partial charge in [-0.2, -0.15) is 0 Å². The van der Waals surface area contributed by atoms with Gasteiger partial charge in [-0.05, 0) is 55.3 Å². The Bertz CT molecular complexity index is 760. The molecule has 0 aromatic heterocycles. The Morgan fingerprint density at radius 3 is 2.35 bits per heavy atom. The van der Waals surface area contributed by atoms with Gasteiger partial charge in [0.1, 0.15) is 5.82 Å². The molecule has 2 rings (SSSR count). The van der Waals surface area contributed by atoms with Crippen molar-refractivity contribution in [1.82, 2.24) is 0 Å². The molecule has 0 aliphatic rings. The second-order valence-corrected chi connectivity index (χ2v) is 6.57. The molecule has 3 nitrogen and oxygen atoms in total. The summed E-state index contributed by atoms with van der Waals surface area (Å²) < 4.78 is 39.9. The molecule has 0 radical (unpaired) electrons. The summed E-state index contributed by atoms with van der Waals surface area (Å²) in [7, 11) is -3.74. The van der Waals surface area contributed by atoms with Gasteiger partial charge in [-0.25, -0.2) is 12.8 Å². The molecule has 0 unspecified atom stereocenters. The molecule has 0 heterocycles. The molecule has 0 saturated heterocycles. The second kappa shape index (κ2) is 5.42. The molecule has 0 saturated carbocycles. The fourth-order valence-corrected chi connectivity index (χ4v) is 3.09. The lowest BCUT2D eigenvalue weighted by Gasteiger charge is -2.11. The van der Waals surface area contributed by atoms with Crippen molar-refractivity contribution in [3.05, 3.63) is 58.4 Å². The highest BCUT2D eigenvalue weighted by Crippen LogP contribution is 2.23. The maximum Gasteiger partial charge on any atom is 0.261 e. The highest BCUT2D eigenvalue weighted by atomic mass is 35.5. The van der Waals surface area contributed by atoms with Crippen molar-refractivity contribution < 1.29 is 12.8 Å². The highest BCUT2D eigenvalue weighted by molar-refractivity contribution is 7.92. The Morgan fingerprint density at radius 1 is 1.05 bits per heavy atom. The van der Waals surface area contributed by atoms with E-state index < -0.39 is 15.8 Å². The number of aryl methyl sites for hydroxylation is 2. The van der Waals surface area contributed by atoms with Crippen molar-refractivity contribution in [1.29, 1.82) is 0 Å². The van der Waals surface area contributed by atoms with Crippen LogP contribution < -0.4 is 4.72 Å². The van der Waals surface area contributed by atoms with Gasteiger partial charge in [0.05, 0.1) is 10.6 Å². The van der Waals surface area contributed by atoms with E-state index in [1.807, 2.05) is 0 Å². The first-order chi connectivity index (χ1) is 9.29. The zero-order chi connectivity index (χ0) is 14.9. The fourth-order valence-electron chi connectivity index (χ4n) is 1.69. The summed E-state index contributed by atoms with van der Waals surface area (Å²) in [4.78, 5) is 0.0665. The lowest BCUT2D eigenvalue weighted by Crippen LogP contribution is -2.14. The zero-order valence-corrected chi connectivity index (χ0v) is 12.5. The minimum absolute atomic E-state index is 0.0665. The predicted octanol–water partition coefficient (Wildman–Crippen LogP) is 3.90. The normalized spacial score (nSPS) is 11.4. The number of anilines is 1. The quantitative estimate of drug-likeness (QED) is 0.934. The van der Waals surface area contributed by atoms with E-state index >= 15 is 0 Å². The molecule has 106 valence electrons. The Kier molecular flexibility index (Phi) is 4.01. The van der Waals surface area contributed by atoms with Crippen LogP contribution in [0.25, 0.3) is 0 Å². The molecular weight excluding hydrogens is 301 g/mol. The van der Waals surface area contributed by atoms with Gasteiger partial charge in [-0.3, -0.25) is 4.72 Å². The maximum absolute atomic E-state index is 13.0. The van der Waals surface area contributed by atoms with Crippen molar-refractivity contribution in [3.63, 3.8) is 0 Å². The SMILES string of the molecule is Cc1ccc(S(=O)(=O)Nc2ccc(F)cc2C)cc1Cl. The Morgan fingerprint density at radius 2 is 1.75 bits per heavy atom. The topological polar surface area (TPSA) is 46.2 Å². The average Bonchev–Trinajstić information content (AvgIpc) is 2.36. The van der Waals surface area contributed by atoms with Crippen molar-refractivity contribution in [2.45, 2.75) is 18.7 Å². The predicted molar refractivity (Wildman–Crippen MR) is 78.1 cm³/mol. The molecule has 2 aromatic carbocycles. The number of hydrogen-bond donors (Lipinski definition) is 1. The summed E-state index contributed by atoms with van der Waals surface area (Å²) in [5.74, 6) is -0.413. The van der Waals surface area contributed by atoms with Gasteiger partial charge in [0, 0.05) is 5.02 Å². The molecule has 0 amide bonds. The molecule has 0 atom stereocenters. The van der Waals surface area contributed by atoms with Gasteiger partial charge in [-0.15, -0.1) is 0 Å². The third-order valence-corrected chi connectivity index (χ3v) is 4.66. The van der Waals surface area contributed by atoms with Crippen LogP contribution >= 0.6 is 11.6 Å². The molecule has 2 aromatic rings. The summed E-state index contributed by atoms with van der Waals surface area (Å²) >= 11 is 5.93. The van der Waals surface area contributed by atoms with Crippen LogP contribution in [-0.2, 0) is 10.0 Å². The van der Waals surface area contributed by atoms with Crippen molar-refractivity contribution in [3.8, 4) is 0 Å². The highest BCUT2D eigenvalue weighted by Gasteiger charge is 2.16. The minimum atomic E-state index is -3.74. The molecule has 0 aliphatic carbocycles. The molecule has 0 spiro atoms. The van der Waals surface area contributed by atoms with E-state index in [2.05, 4.69) is 4.72 Å². The molecule has 0 bridgehead atoms. The summed E-state index contributed by atoms with van der Waals surface area (Å²) in [5.41, 5.74) is 1.64. The number of sulfonamides is 1. The van der Waals surface area contributed by atoms with E-state index in [1.165, 1.54) is 30.3 Å². The standard InChI is InChI=1S/C14H13ClFNO2S/c1-9-3-5-12(8-13(9)15)20(18,19)17-14-6-4-11(16)7-10(14)2/h3-8,17H,1-2H3. The Hall–Kier alpha value is -1.59. The molecule has 20 heavy (non-hydrogen) atoms. The van der Waals surface area contributed by atoms with E-state index in [9.17, 15) is 12.8 Å². The van der Waals surface area contributed by atoms with Gasteiger partial charge in [-0.1, -0.05) is 17.7 Å². The molecule has 0 aliphatic heterocycles. The average molecular weight is 314 g/mol. The first-order valence-corrected chi connectivity index (χ1v) is 7.71. The van der Waals surface area contributed by atoms with Crippen LogP contribution in [0.4, 0.5) is 10.1 Å². The molecule has 0 fully saturated rings. The van der Waals surface area contributed by atoms with E-state index in [-0.39, 0.29) is 4.90 Å². The second-order valence-electron chi connectivity index (χ2n) is 4.48. The van der Waals surface area contributed by atoms with Crippen LogP contribution in [0.5, 0.6) is 0 Å². The maximum atomic E-state index is 13.0. The zero-order valence-electron chi connectivity index (χ0n) is 10.9. The fraction of sp³-hybridized carbons (Fsp3) is 0.143. The lowest BCUT2D eigenvalue weighted by molar-refractivity contribution is 0.601. The Labute approximate surface area is 122 Å². The summed E-state index contributed by atoms with van der Waals surface area (Å²) in [6.07, 6.45) is 0. The Balaban J connectivity index is 2.38. The molecule has 6 heteroatoms. The van der Waals surface area contributed by atoms with Crippen LogP contribution in [0.1, 0.15) is 11.1 Å². The van der Waals surface area contributed by atoms with Crippen molar-refractivity contribution >= 4 is 27.3 Å². The van der Waals surface area contributed by atoms with Crippen LogP contribution in [0.3, 0.4) is 0 Å². The first kappa shape index (κ1) is 14.8. The van der Waals surface area contributed by atoms with E-state index in [1.54, 1.807) is 19.9 Å². The number of rotatable bonds is 3. The number of benzene rings is 2. The largest absolute Gasteiger partial charge is 0.279 e. The van der Waals surface area contributed by atoms with Crippen LogP contribution in [-0.4, -0.2) is 8.42 Å². The number of halogens is 2. The first-order valence-electron chi connectivity index (χ1n) is 5.85. The van der Waals surface area contributed by atoms with Gasteiger partial charge in [0.2, 0.25) is 0 Å². The van der Waals surface area contributed by atoms with Crippen molar-refractivity contribution in [2.24, 2.45) is 0 Å². The number of nitrogens with one attached hydrogen (secondary N) is 1. The van der Waals surface area contributed by atoms with Crippen LogP contribution in [0, 0.1) is 19.7 Å². The van der Waals surface area contributed by atoms with Gasteiger partial charge in [0.15, 0.2) is 0 Å². The summed E-state index contributed by atoms with van der Waals surface area (Å²) in [5, 5.41) is 0.378. The van der Waals surface area contributed by atoms with Crippen molar-refractivity contribution in [2.75, 3.05) is 4.72 Å². The molecule has 1 N–H and O–H groups in total. The van der Waals surface area contributed by atoms with Crippen LogP contribution in [0.2, 0.25) is 5.02 Å².